The van der Waals surface area contributed by atoms with Gasteiger partial charge >= 0.3 is 0 Å². The summed E-state index contributed by atoms with van der Waals surface area (Å²) in [7, 11) is -2.08. The fraction of sp³-hybridized carbons (Fsp3) is 0.333. The van der Waals surface area contributed by atoms with Gasteiger partial charge in [-0.15, -0.1) is 10.2 Å². The van der Waals surface area contributed by atoms with E-state index in [0.717, 1.165) is 5.56 Å². The third-order valence-electron chi connectivity index (χ3n) is 3.15. The molecule has 7 nitrogen and oxygen atoms in total. The summed E-state index contributed by atoms with van der Waals surface area (Å²) in [6, 6.07) is 8.49. The zero-order chi connectivity index (χ0) is 16.9. The average Bonchev–Trinajstić information content (AvgIpc) is 2.51. The van der Waals surface area contributed by atoms with Crippen LogP contribution in [0.4, 0.5) is 11.6 Å². The molecular formula is C15H20N4O3S. The third-order valence-corrected chi connectivity index (χ3v) is 4.65. The molecular weight excluding hydrogens is 316 g/mol. The molecule has 0 aliphatic rings. The molecule has 0 aliphatic carbocycles. The summed E-state index contributed by atoms with van der Waals surface area (Å²) in [4.78, 5) is 0.238. The van der Waals surface area contributed by atoms with Gasteiger partial charge in [0, 0.05) is 13.7 Å². The largest absolute Gasteiger partial charge is 0.383 e. The van der Waals surface area contributed by atoms with Gasteiger partial charge in [-0.2, -0.15) is 0 Å². The molecule has 2 N–H and O–H groups in total. The summed E-state index contributed by atoms with van der Waals surface area (Å²) in [5.41, 5.74) is 1.55. The third kappa shape index (κ3) is 4.64. The van der Waals surface area contributed by atoms with Crippen LogP contribution in [-0.4, -0.2) is 38.9 Å². The van der Waals surface area contributed by atoms with Gasteiger partial charge in [-0.1, -0.05) is 12.1 Å². The second kappa shape index (κ2) is 7.38. The second-order valence-corrected chi connectivity index (χ2v) is 6.75. The molecule has 2 aromatic rings. The first-order valence-electron chi connectivity index (χ1n) is 7.09. The van der Waals surface area contributed by atoms with Gasteiger partial charge in [-0.25, -0.2) is 8.42 Å². The van der Waals surface area contributed by atoms with E-state index in [1.807, 2.05) is 13.0 Å². The Hall–Kier alpha value is -2.19. The van der Waals surface area contributed by atoms with Crippen molar-refractivity contribution in [3.63, 3.8) is 0 Å². The minimum Gasteiger partial charge on any atom is -0.383 e. The lowest BCUT2D eigenvalue weighted by Crippen LogP contribution is -2.16. The Balaban J connectivity index is 2.13. The molecule has 0 unspecified atom stereocenters. The van der Waals surface area contributed by atoms with E-state index in [9.17, 15) is 8.42 Å². The monoisotopic (exact) mass is 336 g/mol. The van der Waals surface area contributed by atoms with Crippen LogP contribution in [0.25, 0.3) is 0 Å². The fourth-order valence-electron chi connectivity index (χ4n) is 1.95. The quantitative estimate of drug-likeness (QED) is 0.751. The van der Waals surface area contributed by atoms with Crippen molar-refractivity contribution in [2.45, 2.75) is 18.7 Å². The van der Waals surface area contributed by atoms with Crippen LogP contribution in [0.15, 0.2) is 35.2 Å². The lowest BCUT2D eigenvalue weighted by atomic mass is 10.2. The van der Waals surface area contributed by atoms with Crippen molar-refractivity contribution in [2.75, 3.05) is 30.3 Å². The van der Waals surface area contributed by atoms with E-state index in [2.05, 4.69) is 20.2 Å². The maximum absolute atomic E-state index is 12.5. The number of hydrogen-bond acceptors (Lipinski definition) is 6. The van der Waals surface area contributed by atoms with Crippen molar-refractivity contribution < 1.29 is 13.2 Å². The smallest absolute Gasteiger partial charge is 0.263 e. The highest BCUT2D eigenvalue weighted by atomic mass is 32.2. The van der Waals surface area contributed by atoms with E-state index in [0.29, 0.717) is 24.5 Å². The van der Waals surface area contributed by atoms with E-state index < -0.39 is 10.0 Å². The molecule has 23 heavy (non-hydrogen) atoms. The zero-order valence-corrected chi connectivity index (χ0v) is 14.1. The fourth-order valence-corrected chi connectivity index (χ4v) is 3.28. The van der Waals surface area contributed by atoms with Crippen LogP contribution in [-0.2, 0) is 14.8 Å². The summed E-state index contributed by atoms with van der Waals surface area (Å²) in [6.45, 7) is 4.74. The normalized spacial score (nSPS) is 11.3. The highest BCUT2D eigenvalue weighted by Gasteiger charge is 2.17. The van der Waals surface area contributed by atoms with Crippen LogP contribution < -0.4 is 10.0 Å². The molecule has 0 saturated carbocycles. The number of hydrogen-bond donors (Lipinski definition) is 2. The van der Waals surface area contributed by atoms with Gasteiger partial charge in [0.25, 0.3) is 10.0 Å². The second-order valence-electron chi connectivity index (χ2n) is 5.10. The van der Waals surface area contributed by atoms with Crippen molar-refractivity contribution in [2.24, 2.45) is 0 Å². The number of benzene rings is 1. The van der Waals surface area contributed by atoms with Gasteiger partial charge < -0.3 is 10.1 Å². The van der Waals surface area contributed by atoms with Crippen LogP contribution in [0.1, 0.15) is 11.1 Å². The summed E-state index contributed by atoms with van der Waals surface area (Å²) in [5, 5.41) is 10.8. The summed E-state index contributed by atoms with van der Waals surface area (Å²) in [5.74, 6) is 0.722. The first-order chi connectivity index (χ1) is 10.9. The van der Waals surface area contributed by atoms with Crippen LogP contribution in [0.3, 0.4) is 0 Å². The summed E-state index contributed by atoms with van der Waals surface area (Å²) in [6.07, 6.45) is 0. The number of anilines is 2. The Kier molecular flexibility index (Phi) is 5.51. The van der Waals surface area contributed by atoms with Crippen LogP contribution >= 0.6 is 0 Å². The molecule has 2 rings (SSSR count). The summed E-state index contributed by atoms with van der Waals surface area (Å²) >= 11 is 0. The predicted octanol–water partition coefficient (Wildman–Crippen LogP) is 1.95. The van der Waals surface area contributed by atoms with Gasteiger partial charge in [-0.05, 0) is 43.2 Å². The number of nitrogens with zero attached hydrogens (tertiary/aromatic N) is 2. The van der Waals surface area contributed by atoms with Crippen LogP contribution in [0.2, 0.25) is 0 Å². The molecule has 0 fully saturated rings. The highest BCUT2D eigenvalue weighted by Crippen LogP contribution is 2.19. The number of methoxy groups -OCH3 is 1. The highest BCUT2D eigenvalue weighted by molar-refractivity contribution is 7.92. The SMILES string of the molecule is COCCNc1ccc(NS(=O)(=O)c2cc(C)ccc2C)nn1. The van der Waals surface area contributed by atoms with Crippen molar-refractivity contribution in [1.82, 2.24) is 10.2 Å². The van der Waals surface area contributed by atoms with E-state index in [4.69, 9.17) is 4.74 Å². The first kappa shape index (κ1) is 17.2. The molecule has 1 aromatic heterocycles. The molecule has 124 valence electrons. The topological polar surface area (TPSA) is 93.2 Å². The molecule has 0 aliphatic heterocycles. The van der Waals surface area contributed by atoms with Crippen molar-refractivity contribution in [3.8, 4) is 0 Å². The minimum atomic E-state index is -3.69. The molecule has 0 bridgehead atoms. The van der Waals surface area contributed by atoms with E-state index >= 15 is 0 Å². The minimum absolute atomic E-state index is 0.170. The van der Waals surface area contributed by atoms with Gasteiger partial charge in [0.2, 0.25) is 0 Å². The number of ether oxygens (including phenoxy) is 1. The molecule has 0 atom stereocenters. The maximum Gasteiger partial charge on any atom is 0.263 e. The molecule has 0 radical (unpaired) electrons. The summed E-state index contributed by atoms with van der Waals surface area (Å²) < 4.78 is 32.3. The first-order valence-corrected chi connectivity index (χ1v) is 8.57. The average molecular weight is 336 g/mol. The molecule has 1 aromatic carbocycles. The van der Waals surface area contributed by atoms with Gasteiger partial charge in [0.1, 0.15) is 5.82 Å². The van der Waals surface area contributed by atoms with Crippen molar-refractivity contribution in [1.29, 1.82) is 0 Å². The lowest BCUT2D eigenvalue weighted by Gasteiger charge is -2.10. The van der Waals surface area contributed by atoms with Crippen molar-refractivity contribution >= 4 is 21.7 Å². The number of aromatic nitrogens is 2. The number of nitrogens with one attached hydrogen (secondary N) is 2. The predicted molar refractivity (Wildman–Crippen MR) is 89.1 cm³/mol. The molecule has 0 saturated heterocycles. The van der Waals surface area contributed by atoms with E-state index in [-0.39, 0.29) is 10.7 Å². The Morgan fingerprint density at radius 2 is 1.78 bits per heavy atom. The number of rotatable bonds is 7. The molecule has 1 heterocycles. The van der Waals surface area contributed by atoms with Gasteiger partial charge in [0.15, 0.2) is 5.82 Å². The van der Waals surface area contributed by atoms with E-state index in [1.165, 1.54) is 0 Å². The zero-order valence-electron chi connectivity index (χ0n) is 13.3. The Morgan fingerprint density at radius 3 is 2.43 bits per heavy atom. The van der Waals surface area contributed by atoms with Crippen molar-refractivity contribution in [3.05, 3.63) is 41.5 Å². The standard InChI is InChI=1S/C15H20N4O3S/c1-11-4-5-12(2)13(10-11)23(20,21)19-15-7-6-14(17-18-15)16-8-9-22-3/h4-7,10H,8-9H2,1-3H3,(H,16,17)(H,18,19). The van der Waals surface area contributed by atoms with Crippen LogP contribution in [0, 0.1) is 13.8 Å². The molecule has 8 heteroatoms. The Morgan fingerprint density at radius 1 is 1.09 bits per heavy atom. The number of sulfonamides is 1. The maximum atomic E-state index is 12.5. The Bertz CT molecular complexity index is 761. The number of aryl methyl sites for hydroxylation is 2. The Labute approximate surface area is 136 Å². The van der Waals surface area contributed by atoms with Gasteiger partial charge in [0.05, 0.1) is 11.5 Å². The van der Waals surface area contributed by atoms with Gasteiger partial charge in [-0.3, -0.25) is 4.72 Å². The lowest BCUT2D eigenvalue weighted by molar-refractivity contribution is 0.210. The van der Waals surface area contributed by atoms with Crippen LogP contribution in [0.5, 0.6) is 0 Å². The van der Waals surface area contributed by atoms with E-state index in [1.54, 1.807) is 38.3 Å². The molecule has 0 spiro atoms. The molecule has 0 amide bonds.